The number of carbonyl (C=O) groups excluding carboxylic acids is 3. The molecule has 6 atom stereocenters. The molecule has 0 radical (unpaired) electrons. The van der Waals surface area contributed by atoms with Gasteiger partial charge in [-0.25, -0.2) is 0 Å². The molecule has 2 saturated heterocycles. The predicted octanol–water partition coefficient (Wildman–Crippen LogP) is 3.01. The zero-order valence-corrected chi connectivity index (χ0v) is 29.8. The Morgan fingerprint density at radius 2 is 1.81 bits per heavy atom. The fourth-order valence-corrected chi connectivity index (χ4v) is 6.92. The monoisotopic (exact) mass is 735 g/mol. The molecule has 0 saturated carbocycles. The molecule has 2 heterocycles. The van der Waals surface area contributed by atoms with Gasteiger partial charge in [0.2, 0.25) is 5.78 Å². The Labute approximate surface area is 306 Å². The Bertz CT molecular complexity index is 1800. The summed E-state index contributed by atoms with van der Waals surface area (Å²) >= 11 is 0. The molecule has 15 nitrogen and oxygen atoms in total. The maximum atomic E-state index is 14.1. The second-order valence-electron chi connectivity index (χ2n) is 13.0. The van der Waals surface area contributed by atoms with Gasteiger partial charge in [-0.15, -0.1) is 0 Å². The van der Waals surface area contributed by atoms with E-state index < -0.39 is 58.8 Å². The number of methoxy groups -OCH3 is 1. The second kappa shape index (κ2) is 17.1. The molecule has 0 bridgehead atoms. The smallest absolute Gasteiger partial charge is 0.202 e. The van der Waals surface area contributed by atoms with Crippen molar-refractivity contribution in [3.63, 3.8) is 0 Å². The van der Waals surface area contributed by atoms with E-state index in [9.17, 15) is 29.7 Å². The van der Waals surface area contributed by atoms with E-state index in [1.165, 1.54) is 19.2 Å². The Kier molecular flexibility index (Phi) is 12.4. The molecule has 3 aliphatic rings. The molecule has 2 aliphatic heterocycles. The number of carbonyl (C=O) groups is 3. The summed E-state index contributed by atoms with van der Waals surface area (Å²) in [5.41, 5.74) is 3.39. The molecule has 6 N–H and O–H groups in total. The number of morpholine rings is 1. The summed E-state index contributed by atoms with van der Waals surface area (Å²) in [5.74, 6) is -2.63. The standard InChI is InChI=1S/C38H45N3O12/c1-20-26(52-29-19-49-14-13-40-29)11-12-30(51-20)53-28(15-23(43)17-42)32-25(16-41-50-18-21-7-9-22(39-2)10-8-21)36(45)33-34(38(32)47)37(46)31-24(35(33)44)5-4-6-27(31)48-3/h4-10,17,20,23,26,28-30,39-41,43,45,47H,11-16,18-19H2,1-3H3/t20-,23-,26-,28-,29?,30?/m0/s1. The van der Waals surface area contributed by atoms with Crippen LogP contribution < -0.4 is 20.9 Å². The largest absolute Gasteiger partial charge is 0.507 e. The normalized spacial score (nSPS) is 22.4. The number of ketones is 2. The first-order valence-corrected chi connectivity index (χ1v) is 17.5. The molecule has 0 aromatic heterocycles. The van der Waals surface area contributed by atoms with E-state index in [2.05, 4.69) is 16.1 Å². The molecule has 3 aromatic rings. The van der Waals surface area contributed by atoms with Crippen molar-refractivity contribution in [2.75, 3.05) is 39.2 Å². The summed E-state index contributed by atoms with van der Waals surface area (Å²) < 4.78 is 29.6. The number of aliphatic hydroxyl groups excluding tert-OH is 1. The van der Waals surface area contributed by atoms with Gasteiger partial charge in [-0.2, -0.15) is 5.48 Å². The highest BCUT2D eigenvalue weighted by Crippen LogP contribution is 2.48. The molecule has 2 unspecified atom stereocenters. The van der Waals surface area contributed by atoms with Crippen LogP contribution in [-0.2, 0) is 41.7 Å². The number of aldehydes is 1. The van der Waals surface area contributed by atoms with Gasteiger partial charge >= 0.3 is 0 Å². The average Bonchev–Trinajstić information content (AvgIpc) is 3.17. The Morgan fingerprint density at radius 1 is 1.04 bits per heavy atom. The van der Waals surface area contributed by atoms with E-state index in [4.69, 9.17) is 28.5 Å². The summed E-state index contributed by atoms with van der Waals surface area (Å²) in [6.45, 7) is 3.32. The third-order valence-corrected chi connectivity index (χ3v) is 9.65. The van der Waals surface area contributed by atoms with Crippen LogP contribution in [0.4, 0.5) is 5.69 Å². The van der Waals surface area contributed by atoms with Crippen LogP contribution >= 0.6 is 0 Å². The van der Waals surface area contributed by atoms with Gasteiger partial charge in [0.15, 0.2) is 12.1 Å². The van der Waals surface area contributed by atoms with Crippen molar-refractivity contribution in [1.82, 2.24) is 10.8 Å². The third kappa shape index (κ3) is 8.22. The first-order chi connectivity index (χ1) is 25.6. The fraction of sp³-hybridized carbons (Fsp3) is 0.447. The van der Waals surface area contributed by atoms with Gasteiger partial charge in [0.25, 0.3) is 0 Å². The van der Waals surface area contributed by atoms with Crippen LogP contribution in [0.3, 0.4) is 0 Å². The molecule has 53 heavy (non-hydrogen) atoms. The van der Waals surface area contributed by atoms with E-state index in [1.807, 2.05) is 38.2 Å². The molecule has 2 fully saturated rings. The number of phenols is 2. The van der Waals surface area contributed by atoms with Gasteiger partial charge in [-0.1, -0.05) is 24.3 Å². The lowest BCUT2D eigenvalue weighted by molar-refractivity contribution is -0.255. The van der Waals surface area contributed by atoms with Crippen LogP contribution in [0.1, 0.15) is 80.8 Å². The zero-order valence-electron chi connectivity index (χ0n) is 29.8. The van der Waals surface area contributed by atoms with Crippen LogP contribution in [0.5, 0.6) is 17.2 Å². The van der Waals surface area contributed by atoms with Crippen molar-refractivity contribution < 1.29 is 58.2 Å². The van der Waals surface area contributed by atoms with Gasteiger partial charge in [0.05, 0.1) is 68.5 Å². The van der Waals surface area contributed by atoms with Crippen molar-refractivity contribution in [3.05, 3.63) is 81.4 Å². The highest BCUT2D eigenvalue weighted by atomic mass is 16.7. The van der Waals surface area contributed by atoms with Crippen molar-refractivity contribution in [3.8, 4) is 17.2 Å². The number of nitrogens with one attached hydrogen (secondary N) is 3. The van der Waals surface area contributed by atoms with Gasteiger partial charge in [-0.3, -0.25) is 19.7 Å². The summed E-state index contributed by atoms with van der Waals surface area (Å²) in [5, 5.41) is 40.8. The second-order valence-corrected chi connectivity index (χ2v) is 13.0. The molecule has 6 rings (SSSR count). The first-order valence-electron chi connectivity index (χ1n) is 17.5. The minimum atomic E-state index is -1.57. The highest BCUT2D eigenvalue weighted by molar-refractivity contribution is 6.31. The highest BCUT2D eigenvalue weighted by Gasteiger charge is 2.42. The van der Waals surface area contributed by atoms with Crippen molar-refractivity contribution in [2.24, 2.45) is 0 Å². The number of anilines is 1. The number of hydrogen-bond donors (Lipinski definition) is 6. The molecule has 1 aliphatic carbocycles. The van der Waals surface area contributed by atoms with Gasteiger partial charge in [0.1, 0.15) is 35.9 Å². The lowest BCUT2D eigenvalue weighted by atomic mass is 9.79. The molecular formula is C38H45N3O12. The number of hydrogen-bond acceptors (Lipinski definition) is 15. The van der Waals surface area contributed by atoms with Crippen molar-refractivity contribution in [1.29, 1.82) is 0 Å². The van der Waals surface area contributed by atoms with E-state index in [-0.39, 0.29) is 59.9 Å². The van der Waals surface area contributed by atoms with Crippen molar-refractivity contribution >= 4 is 23.5 Å². The fourth-order valence-electron chi connectivity index (χ4n) is 6.92. The summed E-state index contributed by atoms with van der Waals surface area (Å²) in [6.07, 6.45) is -4.04. The Morgan fingerprint density at radius 3 is 2.49 bits per heavy atom. The number of aliphatic hydroxyl groups is 1. The van der Waals surface area contributed by atoms with Crippen LogP contribution in [0, 0.1) is 0 Å². The minimum absolute atomic E-state index is 0.00925. The number of hydroxylamine groups is 1. The number of phenolic OH excluding ortho intramolecular Hbond substituents is 2. The van der Waals surface area contributed by atoms with E-state index in [1.54, 1.807) is 6.07 Å². The van der Waals surface area contributed by atoms with Gasteiger partial charge in [0, 0.05) is 48.8 Å². The number of fused-ring (bicyclic) bond motifs is 2. The quantitative estimate of drug-likeness (QED) is 0.0450. The van der Waals surface area contributed by atoms with E-state index >= 15 is 0 Å². The van der Waals surface area contributed by atoms with E-state index in [0.29, 0.717) is 38.9 Å². The SMILES string of the molecule is CNc1ccc(CONCc2c(O)c3c(c(O)c2[C@H](C[C@H](O)C=O)OC2CC[C@H](OC4COCCN4)[C@H](C)O2)C(=O)c2c(OC)cccc2C3=O)cc1. The van der Waals surface area contributed by atoms with E-state index in [0.717, 1.165) is 11.3 Å². The number of benzene rings is 3. The molecule has 0 amide bonds. The average molecular weight is 736 g/mol. The lowest BCUT2D eigenvalue weighted by Crippen LogP contribution is -2.49. The minimum Gasteiger partial charge on any atom is -0.507 e. The first kappa shape index (κ1) is 38.3. The van der Waals surface area contributed by atoms with Crippen LogP contribution in [0.15, 0.2) is 42.5 Å². The number of aromatic hydroxyl groups is 2. The number of ether oxygens (including phenoxy) is 5. The summed E-state index contributed by atoms with van der Waals surface area (Å²) in [6, 6.07) is 12.0. The molecule has 0 spiro atoms. The summed E-state index contributed by atoms with van der Waals surface area (Å²) in [4.78, 5) is 45.6. The maximum Gasteiger partial charge on any atom is 0.202 e. The Balaban J connectivity index is 1.34. The number of rotatable bonds is 15. The molecular weight excluding hydrogens is 690 g/mol. The van der Waals surface area contributed by atoms with Gasteiger partial charge in [-0.05, 0) is 37.1 Å². The van der Waals surface area contributed by atoms with Crippen LogP contribution in [0.2, 0.25) is 0 Å². The van der Waals surface area contributed by atoms with Crippen LogP contribution in [0.25, 0.3) is 0 Å². The van der Waals surface area contributed by atoms with Crippen LogP contribution in [-0.4, -0.2) is 97.9 Å². The van der Waals surface area contributed by atoms with Crippen molar-refractivity contribution in [2.45, 2.75) is 76.3 Å². The predicted molar refractivity (Wildman–Crippen MR) is 189 cm³/mol. The zero-order chi connectivity index (χ0) is 37.6. The lowest BCUT2D eigenvalue weighted by Gasteiger charge is -2.39. The molecule has 3 aromatic carbocycles. The van der Waals surface area contributed by atoms with Gasteiger partial charge < -0.3 is 49.1 Å². The Hall–Kier alpha value is -4.45. The topological polar surface area (TPSA) is 203 Å². The maximum absolute atomic E-state index is 14.1. The summed E-state index contributed by atoms with van der Waals surface area (Å²) in [7, 11) is 3.15. The third-order valence-electron chi connectivity index (χ3n) is 9.65. The molecule has 15 heteroatoms. The molecule has 284 valence electrons.